The Morgan fingerprint density at radius 1 is 1.40 bits per heavy atom. The molecule has 5 nitrogen and oxygen atoms in total. The summed E-state index contributed by atoms with van der Waals surface area (Å²) in [5, 5.41) is 12.3. The lowest BCUT2D eigenvalue weighted by Gasteiger charge is -2.30. The molecular formula is C15H23N3O2. The number of amides is 1. The van der Waals surface area contributed by atoms with Gasteiger partial charge in [0.15, 0.2) is 0 Å². The first-order valence-corrected chi connectivity index (χ1v) is 7.41. The van der Waals surface area contributed by atoms with Gasteiger partial charge in [-0.05, 0) is 38.2 Å². The molecule has 0 bridgehead atoms. The largest absolute Gasteiger partial charge is 0.396 e. The summed E-state index contributed by atoms with van der Waals surface area (Å²) in [6, 6.07) is 1.73. The fourth-order valence-corrected chi connectivity index (χ4v) is 2.92. The number of carbonyl (C=O) groups is 1. The molecule has 0 saturated heterocycles. The van der Waals surface area contributed by atoms with Crippen LogP contribution in [-0.4, -0.2) is 33.6 Å². The average Bonchev–Trinajstić information content (AvgIpc) is 2.47. The monoisotopic (exact) mass is 277 g/mol. The number of carbonyl (C=O) groups excluding carboxylic acids is 1. The van der Waals surface area contributed by atoms with Crippen LogP contribution in [-0.2, 0) is 0 Å². The Hall–Kier alpha value is -1.49. The highest BCUT2D eigenvalue weighted by Crippen LogP contribution is 2.27. The van der Waals surface area contributed by atoms with Crippen molar-refractivity contribution in [2.45, 2.75) is 51.5 Å². The molecule has 5 heteroatoms. The van der Waals surface area contributed by atoms with Crippen molar-refractivity contribution in [3.63, 3.8) is 0 Å². The SMILES string of the molecule is Cc1cc(C(=O)NC(CCO)C2CCCCC2)ncn1. The van der Waals surface area contributed by atoms with Gasteiger partial charge in [0, 0.05) is 18.3 Å². The Labute approximate surface area is 119 Å². The van der Waals surface area contributed by atoms with Crippen LogP contribution in [0.1, 0.15) is 54.7 Å². The van der Waals surface area contributed by atoms with E-state index in [1.165, 1.54) is 25.6 Å². The third-order valence-electron chi connectivity index (χ3n) is 4.01. The molecule has 0 aromatic carbocycles. The number of rotatable bonds is 5. The third-order valence-corrected chi connectivity index (χ3v) is 4.01. The Balaban J connectivity index is 2.01. The first-order chi connectivity index (χ1) is 9.70. The van der Waals surface area contributed by atoms with E-state index in [1.807, 2.05) is 6.92 Å². The Bertz CT molecular complexity index is 444. The van der Waals surface area contributed by atoms with Gasteiger partial charge < -0.3 is 10.4 Å². The van der Waals surface area contributed by atoms with Crippen LogP contribution in [0.5, 0.6) is 0 Å². The number of aliphatic hydroxyl groups excluding tert-OH is 1. The van der Waals surface area contributed by atoms with Crippen LogP contribution in [0.2, 0.25) is 0 Å². The molecule has 20 heavy (non-hydrogen) atoms. The smallest absolute Gasteiger partial charge is 0.270 e. The summed E-state index contributed by atoms with van der Waals surface area (Å²) in [5.74, 6) is 0.308. The van der Waals surface area contributed by atoms with Crippen LogP contribution in [0.3, 0.4) is 0 Å². The lowest BCUT2D eigenvalue weighted by atomic mass is 9.82. The predicted molar refractivity (Wildman–Crippen MR) is 76.3 cm³/mol. The van der Waals surface area contributed by atoms with E-state index in [1.54, 1.807) is 6.07 Å². The lowest BCUT2D eigenvalue weighted by Crippen LogP contribution is -2.42. The van der Waals surface area contributed by atoms with Crippen LogP contribution in [0.15, 0.2) is 12.4 Å². The van der Waals surface area contributed by atoms with Gasteiger partial charge in [0.2, 0.25) is 0 Å². The summed E-state index contributed by atoms with van der Waals surface area (Å²) >= 11 is 0. The van der Waals surface area contributed by atoms with Gasteiger partial charge in [-0.15, -0.1) is 0 Å². The van der Waals surface area contributed by atoms with Crippen molar-refractivity contribution in [3.8, 4) is 0 Å². The molecule has 110 valence electrons. The molecule has 1 amide bonds. The number of nitrogens with one attached hydrogen (secondary N) is 1. The number of aromatic nitrogens is 2. The molecule has 1 heterocycles. The van der Waals surface area contributed by atoms with Gasteiger partial charge in [0.1, 0.15) is 12.0 Å². The number of nitrogens with zero attached hydrogens (tertiary/aromatic N) is 2. The second kappa shape index (κ2) is 7.33. The maximum atomic E-state index is 12.2. The fraction of sp³-hybridized carbons (Fsp3) is 0.667. The fourth-order valence-electron chi connectivity index (χ4n) is 2.92. The molecule has 1 saturated carbocycles. The van der Waals surface area contributed by atoms with Crippen molar-refractivity contribution < 1.29 is 9.90 Å². The van der Waals surface area contributed by atoms with E-state index in [-0.39, 0.29) is 18.6 Å². The minimum atomic E-state index is -0.167. The van der Waals surface area contributed by atoms with Crippen molar-refractivity contribution >= 4 is 5.91 Å². The Morgan fingerprint density at radius 3 is 2.80 bits per heavy atom. The lowest BCUT2D eigenvalue weighted by molar-refractivity contribution is 0.0894. The van der Waals surface area contributed by atoms with Gasteiger partial charge in [-0.2, -0.15) is 0 Å². The van der Waals surface area contributed by atoms with Crippen molar-refractivity contribution in [2.24, 2.45) is 5.92 Å². The Kier molecular flexibility index (Phi) is 5.47. The van der Waals surface area contributed by atoms with Gasteiger partial charge in [0.05, 0.1) is 0 Å². The maximum Gasteiger partial charge on any atom is 0.270 e. The predicted octanol–water partition coefficient (Wildman–Crippen LogP) is 1.85. The quantitative estimate of drug-likeness (QED) is 0.861. The molecule has 1 aromatic rings. The van der Waals surface area contributed by atoms with Crippen LogP contribution in [0.4, 0.5) is 0 Å². The summed E-state index contributed by atoms with van der Waals surface area (Å²) in [5.41, 5.74) is 1.18. The topological polar surface area (TPSA) is 75.1 Å². The normalized spacial score (nSPS) is 17.7. The average molecular weight is 277 g/mol. The van der Waals surface area contributed by atoms with Crippen LogP contribution in [0.25, 0.3) is 0 Å². The molecular weight excluding hydrogens is 254 g/mol. The van der Waals surface area contributed by atoms with Crippen LogP contribution < -0.4 is 5.32 Å². The van der Waals surface area contributed by atoms with Gasteiger partial charge >= 0.3 is 0 Å². The number of hydrogen-bond acceptors (Lipinski definition) is 4. The molecule has 0 aliphatic heterocycles. The van der Waals surface area contributed by atoms with E-state index in [9.17, 15) is 9.90 Å². The summed E-state index contributed by atoms with van der Waals surface area (Å²) < 4.78 is 0. The van der Waals surface area contributed by atoms with E-state index in [0.717, 1.165) is 18.5 Å². The summed E-state index contributed by atoms with van der Waals surface area (Å²) in [6.07, 6.45) is 8.00. The minimum absolute atomic E-state index is 0.0445. The molecule has 0 radical (unpaired) electrons. The molecule has 1 unspecified atom stereocenters. The number of hydrogen-bond donors (Lipinski definition) is 2. The molecule has 0 spiro atoms. The standard InChI is InChI=1S/C15H23N3O2/c1-11-9-14(17-10-16-11)15(20)18-13(7-8-19)12-5-3-2-4-6-12/h9-10,12-13,19H,2-8H2,1H3,(H,18,20). The van der Waals surface area contributed by atoms with Crippen molar-refractivity contribution in [3.05, 3.63) is 23.8 Å². The van der Waals surface area contributed by atoms with Gasteiger partial charge in [0.25, 0.3) is 5.91 Å². The van der Waals surface area contributed by atoms with E-state index in [2.05, 4.69) is 15.3 Å². The Morgan fingerprint density at radius 2 is 2.15 bits per heavy atom. The van der Waals surface area contributed by atoms with E-state index < -0.39 is 0 Å². The number of aryl methyl sites for hydroxylation is 1. The molecule has 1 aliphatic carbocycles. The van der Waals surface area contributed by atoms with Crippen LogP contribution >= 0.6 is 0 Å². The van der Waals surface area contributed by atoms with Crippen molar-refractivity contribution in [1.82, 2.24) is 15.3 Å². The number of aliphatic hydroxyl groups is 1. The first-order valence-electron chi connectivity index (χ1n) is 7.41. The minimum Gasteiger partial charge on any atom is -0.396 e. The second-order valence-corrected chi connectivity index (χ2v) is 5.53. The molecule has 2 N–H and O–H groups in total. The molecule has 1 atom stereocenters. The van der Waals surface area contributed by atoms with E-state index in [0.29, 0.717) is 18.0 Å². The zero-order valence-electron chi connectivity index (χ0n) is 12.0. The second-order valence-electron chi connectivity index (χ2n) is 5.53. The van der Waals surface area contributed by atoms with Crippen LogP contribution in [0, 0.1) is 12.8 Å². The van der Waals surface area contributed by atoms with E-state index >= 15 is 0 Å². The summed E-state index contributed by atoms with van der Waals surface area (Å²) in [7, 11) is 0. The van der Waals surface area contributed by atoms with Gasteiger partial charge in [-0.25, -0.2) is 9.97 Å². The zero-order valence-corrected chi connectivity index (χ0v) is 12.0. The van der Waals surface area contributed by atoms with Gasteiger partial charge in [-0.3, -0.25) is 4.79 Å². The zero-order chi connectivity index (χ0) is 14.4. The highest BCUT2D eigenvalue weighted by molar-refractivity contribution is 5.92. The highest BCUT2D eigenvalue weighted by atomic mass is 16.3. The van der Waals surface area contributed by atoms with E-state index in [4.69, 9.17) is 0 Å². The maximum absolute atomic E-state index is 12.2. The molecule has 1 fully saturated rings. The third kappa shape index (κ3) is 4.00. The molecule has 1 aromatic heterocycles. The first kappa shape index (κ1) is 14.9. The van der Waals surface area contributed by atoms with Gasteiger partial charge in [-0.1, -0.05) is 19.3 Å². The van der Waals surface area contributed by atoms with Crippen molar-refractivity contribution in [2.75, 3.05) is 6.61 Å². The molecule has 2 rings (SSSR count). The summed E-state index contributed by atoms with van der Waals surface area (Å²) in [6.45, 7) is 1.94. The highest BCUT2D eigenvalue weighted by Gasteiger charge is 2.25. The summed E-state index contributed by atoms with van der Waals surface area (Å²) in [4.78, 5) is 20.3. The van der Waals surface area contributed by atoms with Crippen molar-refractivity contribution in [1.29, 1.82) is 0 Å². The molecule has 1 aliphatic rings.